The van der Waals surface area contributed by atoms with E-state index in [1.54, 1.807) is 37.3 Å². The van der Waals surface area contributed by atoms with E-state index in [1.165, 1.54) is 6.07 Å². The van der Waals surface area contributed by atoms with Crippen molar-refractivity contribution < 1.29 is 51.1 Å². The third-order valence-electron chi connectivity index (χ3n) is 6.94. The molecule has 214 valence electrons. The van der Waals surface area contributed by atoms with Crippen molar-refractivity contribution in [1.82, 2.24) is 0 Å². The molecule has 2 aromatic carbocycles. The molecule has 2 rings (SSSR count). The topological polar surface area (TPSA) is 79.2 Å². The highest BCUT2D eigenvalue weighted by Gasteiger charge is 2.60. The summed E-state index contributed by atoms with van der Waals surface area (Å²) in [6.07, 6.45) is -12.5. The Balaban J connectivity index is 2.26. The van der Waals surface area contributed by atoms with Gasteiger partial charge in [0.15, 0.2) is 5.92 Å². The molecule has 3 N–H and O–H groups in total. The van der Waals surface area contributed by atoms with Crippen LogP contribution < -0.4 is 9.47 Å². The Bertz CT molecular complexity index is 1020. The number of rotatable bonds is 13. The van der Waals surface area contributed by atoms with E-state index in [2.05, 4.69) is 0 Å². The predicted octanol–water partition coefficient (Wildman–Crippen LogP) is 5.85. The predicted molar refractivity (Wildman–Crippen MR) is 129 cm³/mol. The number of aryl methyl sites for hydroxylation is 1. The molecular weight excluding hydrogens is 518 g/mol. The maximum Gasteiger partial charge on any atom is 0.403 e. The lowest BCUT2D eigenvalue weighted by molar-refractivity contribution is -0.308. The second-order valence-electron chi connectivity index (χ2n) is 9.14. The van der Waals surface area contributed by atoms with Crippen LogP contribution in [-0.4, -0.2) is 47.0 Å². The zero-order valence-electron chi connectivity index (χ0n) is 21.5. The Morgan fingerprint density at radius 1 is 0.763 bits per heavy atom. The van der Waals surface area contributed by atoms with E-state index in [9.17, 15) is 41.7 Å². The van der Waals surface area contributed by atoms with Crippen molar-refractivity contribution in [2.75, 3.05) is 13.2 Å². The van der Waals surface area contributed by atoms with Gasteiger partial charge in [-0.1, -0.05) is 39.0 Å². The van der Waals surface area contributed by atoms with Crippen molar-refractivity contribution in [1.29, 1.82) is 0 Å². The Morgan fingerprint density at radius 3 is 1.87 bits per heavy atom. The molecule has 0 aromatic heterocycles. The number of halogens is 6. The normalized spacial score (nSPS) is 13.6. The highest BCUT2D eigenvalue weighted by molar-refractivity contribution is 5.41. The zero-order valence-corrected chi connectivity index (χ0v) is 21.5. The van der Waals surface area contributed by atoms with E-state index in [0.717, 1.165) is 5.56 Å². The highest BCUT2D eigenvalue weighted by atomic mass is 19.4. The van der Waals surface area contributed by atoms with Crippen molar-refractivity contribution in [2.24, 2.45) is 5.92 Å². The average molecular weight is 553 g/mol. The molecule has 0 amide bonds. The largest absolute Gasteiger partial charge is 0.493 e. The molecule has 0 saturated heterocycles. The Kier molecular flexibility index (Phi) is 10.9. The van der Waals surface area contributed by atoms with Gasteiger partial charge in [-0.05, 0) is 59.7 Å². The first kappa shape index (κ1) is 31.7. The van der Waals surface area contributed by atoms with E-state index in [4.69, 9.17) is 9.47 Å². The van der Waals surface area contributed by atoms with Crippen LogP contribution in [0.5, 0.6) is 11.5 Å². The summed E-state index contributed by atoms with van der Waals surface area (Å²) in [4.78, 5) is 0. The molecule has 0 spiro atoms. The molecule has 1 atom stereocenters. The molecule has 38 heavy (non-hydrogen) atoms. The van der Waals surface area contributed by atoms with Crippen molar-refractivity contribution in [2.45, 2.75) is 77.1 Å². The lowest BCUT2D eigenvalue weighted by Gasteiger charge is -2.33. The molecule has 0 aliphatic heterocycles. The molecular formula is C27H34F6O5. The SMILES string of the molecule is CCc1cc(C(CC)(CC)COc2ccc(CO)c(CO)c2)ccc1OCC(O)C(C(F)(F)F)C(F)(F)F. The Labute approximate surface area is 218 Å². The summed E-state index contributed by atoms with van der Waals surface area (Å²) in [7, 11) is 0. The zero-order chi connectivity index (χ0) is 28.7. The number of hydrogen-bond acceptors (Lipinski definition) is 5. The van der Waals surface area contributed by atoms with E-state index in [-0.39, 0.29) is 25.6 Å². The molecule has 0 heterocycles. The van der Waals surface area contributed by atoms with Crippen molar-refractivity contribution >= 4 is 0 Å². The lowest BCUT2D eigenvalue weighted by Crippen LogP contribution is -2.47. The number of aliphatic hydroxyl groups is 3. The number of alkyl halides is 6. The molecule has 2 aromatic rings. The van der Waals surface area contributed by atoms with Crippen LogP contribution in [0, 0.1) is 5.92 Å². The second kappa shape index (κ2) is 13.0. The molecule has 0 aliphatic rings. The van der Waals surface area contributed by atoms with Crippen LogP contribution in [0.1, 0.15) is 55.9 Å². The molecule has 1 unspecified atom stereocenters. The number of aliphatic hydroxyl groups excluding tert-OH is 3. The first-order chi connectivity index (χ1) is 17.8. The van der Waals surface area contributed by atoms with E-state index in [1.807, 2.05) is 13.8 Å². The van der Waals surface area contributed by atoms with Crippen molar-refractivity contribution in [3.8, 4) is 11.5 Å². The molecule has 0 bridgehead atoms. The fourth-order valence-electron chi connectivity index (χ4n) is 4.38. The summed E-state index contributed by atoms with van der Waals surface area (Å²) in [5.41, 5.74) is 2.06. The van der Waals surface area contributed by atoms with Gasteiger partial charge in [0.05, 0.1) is 19.8 Å². The third-order valence-corrected chi connectivity index (χ3v) is 6.94. The van der Waals surface area contributed by atoms with Crippen LogP contribution in [0.4, 0.5) is 26.3 Å². The van der Waals surface area contributed by atoms with Crippen molar-refractivity contribution in [3.05, 3.63) is 58.7 Å². The first-order valence-corrected chi connectivity index (χ1v) is 12.3. The fourth-order valence-corrected chi connectivity index (χ4v) is 4.38. The van der Waals surface area contributed by atoms with Crippen LogP contribution in [0.25, 0.3) is 0 Å². The fraction of sp³-hybridized carbons (Fsp3) is 0.556. The smallest absolute Gasteiger partial charge is 0.403 e. The van der Waals surface area contributed by atoms with Gasteiger partial charge in [-0.2, -0.15) is 26.3 Å². The van der Waals surface area contributed by atoms with Crippen LogP contribution in [0.2, 0.25) is 0 Å². The van der Waals surface area contributed by atoms with Crippen LogP contribution in [-0.2, 0) is 25.0 Å². The molecule has 5 nitrogen and oxygen atoms in total. The number of hydrogen-bond donors (Lipinski definition) is 3. The van der Waals surface area contributed by atoms with Gasteiger partial charge in [-0.15, -0.1) is 0 Å². The van der Waals surface area contributed by atoms with Gasteiger partial charge in [0.25, 0.3) is 0 Å². The molecule has 0 saturated carbocycles. The van der Waals surface area contributed by atoms with Gasteiger partial charge in [-0.25, -0.2) is 0 Å². The van der Waals surface area contributed by atoms with Crippen molar-refractivity contribution in [3.63, 3.8) is 0 Å². The van der Waals surface area contributed by atoms with Gasteiger partial charge in [0.1, 0.15) is 24.2 Å². The van der Waals surface area contributed by atoms with E-state index < -0.39 is 36.4 Å². The summed E-state index contributed by atoms with van der Waals surface area (Å²) < 4.78 is 88.7. The third kappa shape index (κ3) is 7.54. The van der Waals surface area contributed by atoms with Crippen LogP contribution in [0.3, 0.4) is 0 Å². The van der Waals surface area contributed by atoms with Crippen LogP contribution >= 0.6 is 0 Å². The van der Waals surface area contributed by atoms with Crippen LogP contribution in [0.15, 0.2) is 36.4 Å². The highest BCUT2D eigenvalue weighted by Crippen LogP contribution is 2.42. The maximum absolute atomic E-state index is 12.9. The quantitative estimate of drug-likeness (QED) is 0.272. The lowest BCUT2D eigenvalue weighted by atomic mass is 9.76. The summed E-state index contributed by atoms with van der Waals surface area (Å²) >= 11 is 0. The first-order valence-electron chi connectivity index (χ1n) is 12.3. The minimum Gasteiger partial charge on any atom is -0.493 e. The maximum atomic E-state index is 12.9. The average Bonchev–Trinajstić information content (AvgIpc) is 2.86. The monoisotopic (exact) mass is 552 g/mol. The van der Waals surface area contributed by atoms with Gasteiger partial charge in [0, 0.05) is 5.41 Å². The van der Waals surface area contributed by atoms with Gasteiger partial charge in [-0.3, -0.25) is 0 Å². The second-order valence-corrected chi connectivity index (χ2v) is 9.14. The minimum atomic E-state index is -5.67. The Morgan fingerprint density at radius 2 is 1.37 bits per heavy atom. The summed E-state index contributed by atoms with van der Waals surface area (Å²) in [6.45, 7) is 4.31. The molecule has 0 aliphatic carbocycles. The standard InChI is InChI=1S/C27H34F6O5/c1-4-17-11-20(8-10-23(17)37-15-22(36)24(26(28,29)30)27(31,32)33)25(5-2,6-3)16-38-21-9-7-18(13-34)19(12-21)14-35/h7-12,22,24,34-36H,4-6,13-16H2,1-3H3. The number of benzene rings is 2. The summed E-state index contributed by atoms with van der Waals surface area (Å²) in [5, 5.41) is 28.6. The minimum absolute atomic E-state index is 0.0904. The summed E-state index contributed by atoms with van der Waals surface area (Å²) in [5.74, 6) is -3.32. The Hall–Kier alpha value is -2.50. The van der Waals surface area contributed by atoms with Gasteiger partial charge in [0.2, 0.25) is 0 Å². The molecule has 11 heteroatoms. The van der Waals surface area contributed by atoms with Gasteiger partial charge < -0.3 is 24.8 Å². The molecule has 0 fully saturated rings. The van der Waals surface area contributed by atoms with Gasteiger partial charge >= 0.3 is 12.4 Å². The number of ether oxygens (including phenoxy) is 2. The molecule has 0 radical (unpaired) electrons. The van der Waals surface area contributed by atoms with E-state index in [0.29, 0.717) is 41.7 Å². The van der Waals surface area contributed by atoms with E-state index >= 15 is 0 Å². The summed E-state index contributed by atoms with van der Waals surface area (Å²) in [6, 6.07) is 9.97.